The van der Waals surface area contributed by atoms with E-state index >= 15 is 8.78 Å². The van der Waals surface area contributed by atoms with Gasteiger partial charge in [0.15, 0.2) is 11.5 Å². The van der Waals surface area contributed by atoms with Crippen LogP contribution in [0.1, 0.15) is 99.1 Å². The number of carbonyl (C=O) groups is 3. The number of amides is 2. The van der Waals surface area contributed by atoms with Crippen molar-refractivity contribution in [1.82, 2.24) is 20.2 Å². The molecule has 1 saturated carbocycles. The Morgan fingerprint density at radius 1 is 1.19 bits per heavy atom. The molecule has 2 heterocycles. The van der Waals surface area contributed by atoms with Gasteiger partial charge < -0.3 is 24.7 Å². The van der Waals surface area contributed by atoms with Gasteiger partial charge in [-0.3, -0.25) is 14.4 Å². The zero-order valence-electron chi connectivity index (χ0n) is 28.9. The fourth-order valence-corrected chi connectivity index (χ4v) is 6.63. The number of Topliss-reactive ketones (excluding diaryl/α,β-unsaturated/α-hetero) is 1. The van der Waals surface area contributed by atoms with Gasteiger partial charge >= 0.3 is 6.09 Å². The molecular weight excluding hydrogens is 610 g/mol. The number of nitrogens with zero attached hydrogens (tertiary/aromatic N) is 2. The van der Waals surface area contributed by atoms with Crippen LogP contribution in [0.4, 0.5) is 13.6 Å². The highest BCUT2D eigenvalue weighted by atomic mass is 19.3. The molecule has 2 aliphatic rings. The van der Waals surface area contributed by atoms with Crippen LogP contribution in [-0.2, 0) is 20.2 Å². The minimum absolute atomic E-state index is 0.0108. The number of rotatable bonds is 13. The van der Waals surface area contributed by atoms with E-state index in [1.807, 2.05) is 41.5 Å². The second kappa shape index (κ2) is 13.9. The van der Waals surface area contributed by atoms with E-state index < -0.39 is 47.4 Å². The number of hydrogen-bond acceptors (Lipinski definition) is 7. The van der Waals surface area contributed by atoms with E-state index in [0.717, 1.165) is 6.42 Å². The first kappa shape index (κ1) is 36.3. The number of likely N-dealkylation sites (tertiary alicyclic amines) is 1. The topological polar surface area (TPSA) is 131 Å². The molecule has 260 valence electrons. The van der Waals surface area contributed by atoms with Crippen LogP contribution in [0.3, 0.4) is 0 Å². The molecule has 0 radical (unpaired) electrons. The molecule has 1 aliphatic carbocycles. The number of halogens is 2. The first-order chi connectivity index (χ1) is 21.8. The summed E-state index contributed by atoms with van der Waals surface area (Å²) in [4.78, 5) is 60.4. The summed E-state index contributed by atoms with van der Waals surface area (Å²) in [5, 5.41) is 2.79. The molecule has 2 N–H and O–H groups in total. The van der Waals surface area contributed by atoms with E-state index in [4.69, 9.17) is 9.47 Å². The first-order valence-corrected chi connectivity index (χ1v) is 16.7. The number of aromatic amines is 1. The zero-order chi connectivity index (χ0) is 34.9. The number of unbranched alkanes of at least 4 members (excludes halogenated alkanes) is 1. The number of benzene rings is 1. The fourth-order valence-electron chi connectivity index (χ4n) is 6.63. The number of ketones is 1. The van der Waals surface area contributed by atoms with Crippen molar-refractivity contribution in [1.29, 1.82) is 0 Å². The molecule has 2 aromatic rings. The standard InChI is InChI=1S/C35H50F2N4O6/c1-20(2)28(42)27-21(3)14-16-41(27)31(44)26(19-33(4,5)6)40-32(45)47-34(7)18-22(34)11-9-10-15-35(36,37)29-30(43)39-25-17-23(46-8)12-13-24(25)38-29/h12-13,17,20-22,26-27H,9-11,14-16,18-19H2,1-8H3,(H,39,43)(H,40,45)/t21-,22-,26?,27+,34?/m1/s1. The molecule has 0 spiro atoms. The quantitative estimate of drug-likeness (QED) is 0.239. The third kappa shape index (κ3) is 8.67. The predicted octanol–water partition coefficient (Wildman–Crippen LogP) is 6.36. The number of hydrogen-bond donors (Lipinski definition) is 2. The van der Waals surface area contributed by atoms with Gasteiger partial charge in [-0.25, -0.2) is 9.78 Å². The number of alkyl carbamates (subject to hydrolysis) is 1. The summed E-state index contributed by atoms with van der Waals surface area (Å²) in [7, 11) is 1.47. The smallest absolute Gasteiger partial charge is 0.408 e. The summed E-state index contributed by atoms with van der Waals surface area (Å²) in [6.07, 6.45) is 1.59. The Morgan fingerprint density at radius 2 is 1.89 bits per heavy atom. The molecule has 2 unspecified atom stereocenters. The zero-order valence-corrected chi connectivity index (χ0v) is 28.9. The van der Waals surface area contributed by atoms with E-state index in [0.29, 0.717) is 43.5 Å². The van der Waals surface area contributed by atoms with Crippen molar-refractivity contribution in [2.75, 3.05) is 13.7 Å². The van der Waals surface area contributed by atoms with E-state index in [1.54, 1.807) is 17.9 Å². The summed E-state index contributed by atoms with van der Waals surface area (Å²) in [5.41, 5.74) is -2.24. The summed E-state index contributed by atoms with van der Waals surface area (Å²) in [6, 6.07) is 3.27. The lowest BCUT2D eigenvalue weighted by molar-refractivity contribution is -0.141. The number of aromatic nitrogens is 2. The molecule has 1 aliphatic heterocycles. The van der Waals surface area contributed by atoms with Gasteiger partial charge in [-0.1, -0.05) is 48.0 Å². The van der Waals surface area contributed by atoms with Crippen molar-refractivity contribution in [3.63, 3.8) is 0 Å². The fraction of sp³-hybridized carbons (Fsp3) is 0.686. The Hall–Kier alpha value is -3.57. The van der Waals surface area contributed by atoms with Crippen LogP contribution in [0, 0.1) is 23.2 Å². The predicted molar refractivity (Wildman–Crippen MR) is 174 cm³/mol. The van der Waals surface area contributed by atoms with Crippen molar-refractivity contribution in [3.05, 3.63) is 34.2 Å². The monoisotopic (exact) mass is 660 g/mol. The highest BCUT2D eigenvalue weighted by molar-refractivity contribution is 5.93. The van der Waals surface area contributed by atoms with Crippen LogP contribution in [0.2, 0.25) is 0 Å². The van der Waals surface area contributed by atoms with Gasteiger partial charge in [-0.05, 0) is 62.5 Å². The Kier molecular flexibility index (Phi) is 10.7. The normalized spacial score (nSPS) is 23.6. The molecule has 2 fully saturated rings. The highest BCUT2D eigenvalue weighted by Gasteiger charge is 2.53. The van der Waals surface area contributed by atoms with Gasteiger partial charge in [-0.15, -0.1) is 0 Å². The first-order valence-electron chi connectivity index (χ1n) is 16.7. The molecule has 5 atom stereocenters. The summed E-state index contributed by atoms with van der Waals surface area (Å²) >= 11 is 0. The number of carbonyl (C=O) groups excluding carboxylic acids is 3. The molecule has 0 bridgehead atoms. The van der Waals surface area contributed by atoms with Crippen molar-refractivity contribution >= 4 is 28.8 Å². The number of H-pyrrole nitrogens is 1. The van der Waals surface area contributed by atoms with Gasteiger partial charge in [0.2, 0.25) is 5.91 Å². The molecule has 1 aromatic heterocycles. The average Bonchev–Trinajstić information content (AvgIpc) is 3.44. The van der Waals surface area contributed by atoms with Gasteiger partial charge in [0.05, 0.1) is 24.2 Å². The Bertz CT molecular complexity index is 1540. The lowest BCUT2D eigenvalue weighted by atomic mass is 9.87. The Balaban J connectivity index is 1.31. The van der Waals surface area contributed by atoms with Crippen molar-refractivity contribution < 1.29 is 32.6 Å². The van der Waals surface area contributed by atoms with E-state index in [2.05, 4.69) is 15.3 Å². The lowest BCUT2D eigenvalue weighted by Gasteiger charge is -2.33. The van der Waals surface area contributed by atoms with Gasteiger partial charge in [0, 0.05) is 30.9 Å². The molecular formula is C35H50F2N4O6. The van der Waals surface area contributed by atoms with Crippen molar-refractivity contribution in [2.45, 2.75) is 117 Å². The second-order valence-corrected chi connectivity index (χ2v) is 15.1. The van der Waals surface area contributed by atoms with Crippen molar-refractivity contribution in [3.8, 4) is 5.75 Å². The molecule has 10 nitrogen and oxygen atoms in total. The number of nitrogens with one attached hydrogen (secondary N) is 2. The van der Waals surface area contributed by atoms with E-state index in [-0.39, 0.29) is 46.8 Å². The molecule has 47 heavy (non-hydrogen) atoms. The third-order valence-electron chi connectivity index (χ3n) is 9.47. The summed E-state index contributed by atoms with van der Waals surface area (Å²) in [6.45, 7) is 13.8. The van der Waals surface area contributed by atoms with Crippen LogP contribution >= 0.6 is 0 Å². The number of fused-ring (bicyclic) bond motifs is 1. The lowest BCUT2D eigenvalue weighted by Crippen LogP contribution is -2.54. The van der Waals surface area contributed by atoms with Crippen LogP contribution in [-0.4, -0.2) is 64.0 Å². The van der Waals surface area contributed by atoms with E-state index in [9.17, 15) is 19.2 Å². The van der Waals surface area contributed by atoms with E-state index in [1.165, 1.54) is 19.2 Å². The van der Waals surface area contributed by atoms with Crippen LogP contribution in [0.15, 0.2) is 23.0 Å². The molecule has 2 amide bonds. The summed E-state index contributed by atoms with van der Waals surface area (Å²) in [5.74, 6) is -3.38. The SMILES string of the molecule is COc1ccc2nc(C(F)(F)CCCC[C@@H]3CC3(C)OC(=O)NC(CC(C)(C)C)C(=O)N3CC[C@@H](C)[C@H]3C(=O)C(C)C)c(=O)[nH]c2c1. The highest BCUT2D eigenvalue weighted by Crippen LogP contribution is 2.50. The number of methoxy groups -OCH3 is 1. The van der Waals surface area contributed by atoms with Gasteiger partial charge in [0.25, 0.3) is 11.5 Å². The molecule has 1 saturated heterocycles. The molecule has 1 aromatic carbocycles. The third-order valence-corrected chi connectivity index (χ3v) is 9.47. The number of alkyl halides is 2. The maximum Gasteiger partial charge on any atom is 0.408 e. The molecule has 4 rings (SSSR count). The van der Waals surface area contributed by atoms with Gasteiger partial charge in [0.1, 0.15) is 17.4 Å². The van der Waals surface area contributed by atoms with Crippen LogP contribution < -0.4 is 15.6 Å². The van der Waals surface area contributed by atoms with Gasteiger partial charge in [-0.2, -0.15) is 8.78 Å². The molecule has 12 heteroatoms. The Morgan fingerprint density at radius 3 is 2.53 bits per heavy atom. The Labute approximate surface area is 275 Å². The van der Waals surface area contributed by atoms with Crippen LogP contribution in [0.5, 0.6) is 5.75 Å². The number of ether oxygens (including phenoxy) is 2. The maximum atomic E-state index is 15.1. The largest absolute Gasteiger partial charge is 0.497 e. The average molecular weight is 661 g/mol. The maximum absolute atomic E-state index is 15.1. The second-order valence-electron chi connectivity index (χ2n) is 15.1. The summed E-state index contributed by atoms with van der Waals surface area (Å²) < 4.78 is 41.0. The van der Waals surface area contributed by atoms with Crippen molar-refractivity contribution in [2.24, 2.45) is 23.2 Å². The van der Waals surface area contributed by atoms with Crippen LogP contribution in [0.25, 0.3) is 11.0 Å². The minimum atomic E-state index is -3.41. The minimum Gasteiger partial charge on any atom is -0.497 e.